The maximum absolute atomic E-state index is 5.88. The number of nitrogens with zero attached hydrogens (tertiary/aromatic N) is 1. The first-order chi connectivity index (χ1) is 10.4. The highest BCUT2D eigenvalue weighted by Gasteiger charge is 2.09. The summed E-state index contributed by atoms with van der Waals surface area (Å²) in [5, 5.41) is 4.88. The molecule has 0 unspecified atom stereocenters. The Morgan fingerprint density at radius 2 is 1.67 bits per heavy atom. The van der Waals surface area contributed by atoms with Gasteiger partial charge >= 0.3 is 0 Å². The van der Waals surface area contributed by atoms with Gasteiger partial charge in [-0.2, -0.15) is 0 Å². The van der Waals surface area contributed by atoms with Crippen molar-refractivity contribution in [3.05, 3.63) is 71.2 Å². The fourth-order valence-electron chi connectivity index (χ4n) is 2.96. The second-order valence-electron chi connectivity index (χ2n) is 5.26. The third-order valence-electron chi connectivity index (χ3n) is 3.99. The zero-order valence-electron chi connectivity index (χ0n) is 11.6. The van der Waals surface area contributed by atoms with Gasteiger partial charge in [0.2, 0.25) is 0 Å². The Balaban J connectivity index is 1.84. The normalized spacial score (nSPS) is 11.5. The number of aromatic nitrogens is 1. The first kappa shape index (κ1) is 12.6. The number of para-hydroxylation sites is 1. The van der Waals surface area contributed by atoms with Gasteiger partial charge in [-0.1, -0.05) is 36.4 Å². The van der Waals surface area contributed by atoms with Crippen LogP contribution < -0.4 is 5.73 Å². The minimum absolute atomic E-state index is 0.581. The lowest BCUT2D eigenvalue weighted by Crippen LogP contribution is -1.98. The molecule has 2 heterocycles. The summed E-state index contributed by atoms with van der Waals surface area (Å²) in [7, 11) is 0. The Hall–Kier alpha value is -2.10. The Bertz CT molecular complexity index is 917. The molecule has 0 amide bonds. The fourth-order valence-corrected chi connectivity index (χ4v) is 3.91. The molecule has 0 radical (unpaired) electrons. The van der Waals surface area contributed by atoms with Gasteiger partial charge in [0, 0.05) is 34.9 Å². The predicted molar refractivity (Wildman–Crippen MR) is 90.8 cm³/mol. The summed E-state index contributed by atoms with van der Waals surface area (Å²) in [6.07, 6.45) is 2.19. The first-order valence-corrected chi connectivity index (χ1v) is 7.96. The summed E-state index contributed by atoms with van der Waals surface area (Å²) in [6.45, 7) is 1.47. The smallest absolute Gasteiger partial charge is 0.0490 e. The van der Waals surface area contributed by atoms with Crippen LogP contribution in [0.1, 0.15) is 11.1 Å². The molecular weight excluding hydrogens is 276 g/mol. The summed E-state index contributed by atoms with van der Waals surface area (Å²) in [6, 6.07) is 17.1. The average Bonchev–Trinajstić information content (AvgIpc) is 3.10. The van der Waals surface area contributed by atoms with E-state index in [9.17, 15) is 0 Å². The molecule has 104 valence electrons. The number of fused-ring (bicyclic) bond motifs is 2. The third-order valence-corrected chi connectivity index (χ3v) is 5.01. The molecule has 2 nitrogen and oxygen atoms in total. The number of thiophene rings is 1. The minimum atomic E-state index is 0.581. The van der Waals surface area contributed by atoms with Gasteiger partial charge in [0.05, 0.1) is 0 Å². The van der Waals surface area contributed by atoms with Gasteiger partial charge < -0.3 is 10.3 Å². The van der Waals surface area contributed by atoms with E-state index in [0.29, 0.717) is 6.54 Å². The van der Waals surface area contributed by atoms with Crippen molar-refractivity contribution in [2.24, 2.45) is 5.73 Å². The lowest BCUT2D eigenvalue weighted by atomic mass is 10.1. The molecule has 0 aliphatic heterocycles. The van der Waals surface area contributed by atoms with E-state index < -0.39 is 0 Å². The Morgan fingerprint density at radius 1 is 0.905 bits per heavy atom. The molecule has 0 saturated heterocycles. The molecule has 0 aliphatic rings. The van der Waals surface area contributed by atoms with Crippen molar-refractivity contribution >= 4 is 32.3 Å². The second kappa shape index (κ2) is 5.02. The van der Waals surface area contributed by atoms with E-state index >= 15 is 0 Å². The second-order valence-corrected chi connectivity index (χ2v) is 6.17. The molecule has 0 atom stereocenters. The number of hydrogen-bond donors (Lipinski definition) is 1. The number of hydrogen-bond acceptors (Lipinski definition) is 2. The zero-order chi connectivity index (χ0) is 14.2. The average molecular weight is 292 g/mol. The first-order valence-electron chi connectivity index (χ1n) is 7.09. The van der Waals surface area contributed by atoms with Crippen LogP contribution in [0.15, 0.2) is 60.1 Å². The zero-order valence-corrected chi connectivity index (χ0v) is 12.4. The molecule has 2 N–H and O–H groups in total. The van der Waals surface area contributed by atoms with E-state index in [2.05, 4.69) is 64.7 Å². The molecule has 2 aromatic carbocycles. The minimum Gasteiger partial charge on any atom is -0.343 e. The molecule has 0 bridgehead atoms. The van der Waals surface area contributed by atoms with E-state index in [1.807, 2.05) is 11.3 Å². The standard InChI is InChI=1S/C18H16N2S/c19-9-13-10-20(17-7-3-1-5-15(13)17)11-14-12-21-18-8-4-2-6-16(14)18/h1-8,10,12H,9,11,19H2. The highest BCUT2D eigenvalue weighted by molar-refractivity contribution is 7.17. The maximum Gasteiger partial charge on any atom is 0.0490 e. The van der Waals surface area contributed by atoms with Crippen molar-refractivity contribution in [1.82, 2.24) is 4.57 Å². The molecule has 4 aromatic rings. The van der Waals surface area contributed by atoms with Gasteiger partial charge in [-0.25, -0.2) is 0 Å². The van der Waals surface area contributed by atoms with Crippen LogP contribution in [0.4, 0.5) is 0 Å². The third kappa shape index (κ3) is 2.06. The molecule has 0 fully saturated rings. The van der Waals surface area contributed by atoms with Crippen LogP contribution in [0.5, 0.6) is 0 Å². The van der Waals surface area contributed by atoms with Gasteiger partial charge in [0.1, 0.15) is 0 Å². The van der Waals surface area contributed by atoms with E-state index in [0.717, 1.165) is 6.54 Å². The Morgan fingerprint density at radius 3 is 2.52 bits per heavy atom. The maximum atomic E-state index is 5.88. The fraction of sp³-hybridized carbons (Fsp3) is 0.111. The van der Waals surface area contributed by atoms with Crippen molar-refractivity contribution in [2.45, 2.75) is 13.1 Å². The van der Waals surface area contributed by atoms with Crippen molar-refractivity contribution in [1.29, 1.82) is 0 Å². The summed E-state index contributed by atoms with van der Waals surface area (Å²) in [4.78, 5) is 0. The topological polar surface area (TPSA) is 30.9 Å². The molecule has 4 rings (SSSR count). The van der Waals surface area contributed by atoms with Crippen molar-refractivity contribution in [3.63, 3.8) is 0 Å². The summed E-state index contributed by atoms with van der Waals surface area (Å²) < 4.78 is 3.66. The largest absolute Gasteiger partial charge is 0.343 e. The summed E-state index contributed by atoms with van der Waals surface area (Å²) >= 11 is 1.81. The Kier molecular flexibility index (Phi) is 3.02. The van der Waals surface area contributed by atoms with Crippen LogP contribution in [0.3, 0.4) is 0 Å². The van der Waals surface area contributed by atoms with Crippen LogP contribution in [0, 0.1) is 0 Å². The van der Waals surface area contributed by atoms with Crippen LogP contribution in [0.25, 0.3) is 21.0 Å². The van der Waals surface area contributed by atoms with Gasteiger partial charge in [0.25, 0.3) is 0 Å². The van der Waals surface area contributed by atoms with Gasteiger partial charge in [-0.05, 0) is 34.0 Å². The molecule has 21 heavy (non-hydrogen) atoms. The van der Waals surface area contributed by atoms with E-state index in [1.165, 1.54) is 32.1 Å². The molecule has 2 aromatic heterocycles. The van der Waals surface area contributed by atoms with Crippen molar-refractivity contribution in [2.75, 3.05) is 0 Å². The lowest BCUT2D eigenvalue weighted by Gasteiger charge is -2.04. The van der Waals surface area contributed by atoms with Gasteiger partial charge in [0.15, 0.2) is 0 Å². The van der Waals surface area contributed by atoms with E-state index in [1.54, 1.807) is 0 Å². The summed E-state index contributed by atoms with van der Waals surface area (Å²) in [5.41, 5.74) is 9.73. The molecule has 0 saturated carbocycles. The van der Waals surface area contributed by atoms with Crippen LogP contribution in [-0.4, -0.2) is 4.57 Å². The van der Waals surface area contributed by atoms with Crippen LogP contribution in [-0.2, 0) is 13.1 Å². The Labute approximate surface area is 127 Å². The quantitative estimate of drug-likeness (QED) is 0.597. The van der Waals surface area contributed by atoms with E-state index in [4.69, 9.17) is 5.73 Å². The number of nitrogens with two attached hydrogens (primary N) is 1. The summed E-state index contributed by atoms with van der Waals surface area (Å²) in [5.74, 6) is 0. The monoisotopic (exact) mass is 292 g/mol. The van der Waals surface area contributed by atoms with E-state index in [-0.39, 0.29) is 0 Å². The van der Waals surface area contributed by atoms with Gasteiger partial charge in [-0.3, -0.25) is 0 Å². The highest BCUT2D eigenvalue weighted by atomic mass is 32.1. The lowest BCUT2D eigenvalue weighted by molar-refractivity contribution is 0.838. The number of rotatable bonds is 3. The molecule has 3 heteroatoms. The predicted octanol–water partition coefficient (Wildman–Crippen LogP) is 4.36. The molecule has 0 aliphatic carbocycles. The van der Waals surface area contributed by atoms with Crippen molar-refractivity contribution < 1.29 is 0 Å². The molecule has 0 spiro atoms. The van der Waals surface area contributed by atoms with Gasteiger partial charge in [-0.15, -0.1) is 11.3 Å². The number of benzene rings is 2. The van der Waals surface area contributed by atoms with Crippen LogP contribution in [0.2, 0.25) is 0 Å². The van der Waals surface area contributed by atoms with Crippen LogP contribution >= 0.6 is 11.3 Å². The SMILES string of the molecule is NCc1cn(Cc2csc3ccccc23)c2ccccc12. The van der Waals surface area contributed by atoms with Crippen molar-refractivity contribution in [3.8, 4) is 0 Å². The highest BCUT2D eigenvalue weighted by Crippen LogP contribution is 2.28. The molecular formula is C18H16N2S.